The van der Waals surface area contributed by atoms with Crippen molar-refractivity contribution in [1.29, 1.82) is 0 Å². The van der Waals surface area contributed by atoms with Crippen LogP contribution in [0, 0.1) is 6.92 Å². The van der Waals surface area contributed by atoms with E-state index in [0.717, 1.165) is 43.3 Å². The minimum Gasteiger partial charge on any atom is -0.377 e. The monoisotopic (exact) mass is 381 g/mol. The Kier molecular flexibility index (Phi) is 5.54. The molecule has 0 bridgehead atoms. The Morgan fingerprint density at radius 1 is 1.14 bits per heavy atom. The summed E-state index contributed by atoms with van der Waals surface area (Å²) in [7, 11) is 1.61. The zero-order valence-corrected chi connectivity index (χ0v) is 16.1. The van der Waals surface area contributed by atoms with Crippen LogP contribution in [0.3, 0.4) is 0 Å². The highest BCUT2D eigenvalue weighted by Gasteiger charge is 2.21. The number of nitrogens with zero attached hydrogens (tertiary/aromatic N) is 7. The van der Waals surface area contributed by atoms with Crippen molar-refractivity contribution in [3.05, 3.63) is 48.0 Å². The van der Waals surface area contributed by atoms with Crippen LogP contribution in [0.2, 0.25) is 0 Å². The maximum Gasteiger partial charge on any atom is 0.240 e. The van der Waals surface area contributed by atoms with Crippen molar-refractivity contribution in [2.75, 3.05) is 38.2 Å². The van der Waals surface area contributed by atoms with Crippen LogP contribution in [-0.4, -0.2) is 63.3 Å². The van der Waals surface area contributed by atoms with Crippen LogP contribution in [0.15, 0.2) is 35.1 Å². The predicted octanol–water partition coefficient (Wildman–Crippen LogP) is 1.70. The van der Waals surface area contributed by atoms with Gasteiger partial charge in [-0.2, -0.15) is 4.98 Å². The standard InChI is InChI=1S/C19H23N7O2/c1-14-10-17(23-19(21-14)15-4-3-5-20-11-15)26-8-6-25(7-9-26)12-18-22-16(13-27-2)24-28-18/h3-5,10-11H,6-9,12-13H2,1-2H3. The number of hydrogen-bond acceptors (Lipinski definition) is 9. The summed E-state index contributed by atoms with van der Waals surface area (Å²) in [4.78, 5) is 22.4. The summed E-state index contributed by atoms with van der Waals surface area (Å²) in [6, 6.07) is 5.91. The Labute approximate surface area is 163 Å². The Balaban J connectivity index is 1.40. The molecule has 4 heterocycles. The predicted molar refractivity (Wildman–Crippen MR) is 103 cm³/mol. The Hall–Kier alpha value is -2.91. The first-order valence-corrected chi connectivity index (χ1v) is 9.25. The highest BCUT2D eigenvalue weighted by molar-refractivity contribution is 5.56. The number of methoxy groups -OCH3 is 1. The van der Waals surface area contributed by atoms with Gasteiger partial charge in [0.2, 0.25) is 5.89 Å². The van der Waals surface area contributed by atoms with Crippen LogP contribution in [0.1, 0.15) is 17.4 Å². The molecular weight excluding hydrogens is 358 g/mol. The SMILES string of the molecule is COCc1noc(CN2CCN(c3cc(C)nc(-c4cccnc4)n3)CC2)n1. The molecule has 0 unspecified atom stereocenters. The number of pyridine rings is 1. The molecule has 0 aromatic carbocycles. The van der Waals surface area contributed by atoms with Crippen molar-refractivity contribution in [3.8, 4) is 11.4 Å². The third-order valence-electron chi connectivity index (χ3n) is 4.60. The Bertz CT molecular complexity index is 908. The van der Waals surface area contributed by atoms with Gasteiger partial charge in [0.1, 0.15) is 12.4 Å². The minimum absolute atomic E-state index is 0.365. The van der Waals surface area contributed by atoms with Crippen LogP contribution in [-0.2, 0) is 17.9 Å². The smallest absolute Gasteiger partial charge is 0.240 e. The van der Waals surface area contributed by atoms with Crippen molar-refractivity contribution in [2.24, 2.45) is 0 Å². The van der Waals surface area contributed by atoms with E-state index >= 15 is 0 Å². The summed E-state index contributed by atoms with van der Waals surface area (Å²) in [6.45, 7) is 6.55. The zero-order chi connectivity index (χ0) is 19.3. The van der Waals surface area contributed by atoms with E-state index in [0.29, 0.717) is 30.7 Å². The Morgan fingerprint density at radius 3 is 2.75 bits per heavy atom. The van der Waals surface area contributed by atoms with E-state index in [9.17, 15) is 0 Å². The van der Waals surface area contributed by atoms with Crippen LogP contribution in [0.4, 0.5) is 5.82 Å². The van der Waals surface area contributed by atoms with Gasteiger partial charge in [-0.05, 0) is 19.1 Å². The third kappa shape index (κ3) is 4.32. The number of rotatable bonds is 6. The molecule has 9 heteroatoms. The molecule has 0 saturated carbocycles. The normalized spacial score (nSPS) is 15.1. The van der Waals surface area contributed by atoms with Crippen LogP contribution in [0.25, 0.3) is 11.4 Å². The van der Waals surface area contributed by atoms with Gasteiger partial charge in [-0.1, -0.05) is 5.16 Å². The maximum atomic E-state index is 5.29. The average molecular weight is 381 g/mol. The van der Waals surface area contributed by atoms with Gasteiger partial charge in [-0.25, -0.2) is 9.97 Å². The van der Waals surface area contributed by atoms with Crippen molar-refractivity contribution in [2.45, 2.75) is 20.1 Å². The van der Waals surface area contributed by atoms with Crippen molar-refractivity contribution in [3.63, 3.8) is 0 Å². The molecule has 0 spiro atoms. The lowest BCUT2D eigenvalue weighted by molar-refractivity contribution is 0.174. The molecule has 0 N–H and O–H groups in total. The number of aromatic nitrogens is 5. The van der Waals surface area contributed by atoms with Gasteiger partial charge in [-0.15, -0.1) is 0 Å². The zero-order valence-electron chi connectivity index (χ0n) is 16.1. The number of hydrogen-bond donors (Lipinski definition) is 0. The van der Waals surface area contributed by atoms with Crippen molar-refractivity contribution < 1.29 is 9.26 Å². The largest absolute Gasteiger partial charge is 0.377 e. The van der Waals surface area contributed by atoms with Crippen LogP contribution >= 0.6 is 0 Å². The summed E-state index contributed by atoms with van der Waals surface area (Å²) < 4.78 is 10.3. The Morgan fingerprint density at radius 2 is 2.00 bits per heavy atom. The van der Waals surface area contributed by atoms with Crippen molar-refractivity contribution in [1.82, 2.24) is 30.0 Å². The van der Waals surface area contributed by atoms with E-state index in [-0.39, 0.29) is 0 Å². The molecule has 0 radical (unpaired) electrons. The lowest BCUT2D eigenvalue weighted by Crippen LogP contribution is -2.46. The second kappa shape index (κ2) is 8.41. The fraction of sp³-hybridized carbons (Fsp3) is 0.421. The topological polar surface area (TPSA) is 93.3 Å². The second-order valence-electron chi connectivity index (χ2n) is 6.73. The fourth-order valence-electron chi connectivity index (χ4n) is 3.21. The van der Waals surface area contributed by atoms with Gasteiger partial charge >= 0.3 is 0 Å². The third-order valence-corrected chi connectivity index (χ3v) is 4.60. The van der Waals surface area contributed by atoms with E-state index in [1.54, 1.807) is 19.5 Å². The van der Waals surface area contributed by atoms with E-state index < -0.39 is 0 Å². The van der Waals surface area contributed by atoms with Gasteiger partial charge < -0.3 is 14.2 Å². The minimum atomic E-state index is 0.365. The first-order valence-electron chi connectivity index (χ1n) is 9.25. The molecule has 1 fully saturated rings. The molecular formula is C19H23N7O2. The highest BCUT2D eigenvalue weighted by atomic mass is 16.5. The first kappa shape index (κ1) is 18.5. The molecule has 146 valence electrons. The van der Waals surface area contributed by atoms with Crippen LogP contribution in [0.5, 0.6) is 0 Å². The van der Waals surface area contributed by atoms with E-state index in [1.165, 1.54) is 0 Å². The van der Waals surface area contributed by atoms with E-state index in [2.05, 4.69) is 29.9 Å². The summed E-state index contributed by atoms with van der Waals surface area (Å²) in [5, 5.41) is 3.91. The van der Waals surface area contributed by atoms with Crippen molar-refractivity contribution >= 4 is 5.82 Å². The van der Waals surface area contributed by atoms with Crippen LogP contribution < -0.4 is 4.90 Å². The molecule has 3 aromatic heterocycles. The molecule has 9 nitrogen and oxygen atoms in total. The fourth-order valence-corrected chi connectivity index (χ4v) is 3.21. The van der Waals surface area contributed by atoms with Gasteiger partial charge in [0.05, 0.1) is 6.54 Å². The molecule has 1 aliphatic heterocycles. The summed E-state index contributed by atoms with van der Waals surface area (Å²) in [5.74, 6) is 2.86. The second-order valence-corrected chi connectivity index (χ2v) is 6.73. The molecule has 4 rings (SSSR count). The molecule has 3 aromatic rings. The maximum absolute atomic E-state index is 5.29. The first-order chi connectivity index (χ1) is 13.7. The lowest BCUT2D eigenvalue weighted by atomic mass is 10.2. The number of piperazine rings is 1. The quantitative estimate of drug-likeness (QED) is 0.632. The summed E-state index contributed by atoms with van der Waals surface area (Å²) in [5.41, 5.74) is 1.87. The summed E-state index contributed by atoms with van der Waals surface area (Å²) in [6.07, 6.45) is 3.54. The highest BCUT2D eigenvalue weighted by Crippen LogP contribution is 2.21. The van der Waals surface area contributed by atoms with Gasteiger partial charge in [-0.3, -0.25) is 9.88 Å². The van der Waals surface area contributed by atoms with E-state index in [1.807, 2.05) is 25.1 Å². The number of aryl methyl sites for hydroxylation is 1. The molecule has 0 aliphatic carbocycles. The van der Waals surface area contributed by atoms with Gasteiger partial charge in [0, 0.05) is 63.0 Å². The average Bonchev–Trinajstić information content (AvgIpc) is 3.16. The van der Waals surface area contributed by atoms with Gasteiger partial charge in [0.25, 0.3) is 0 Å². The number of anilines is 1. The number of ether oxygens (including phenoxy) is 1. The molecule has 1 aliphatic rings. The molecule has 1 saturated heterocycles. The molecule has 0 amide bonds. The molecule has 0 atom stereocenters. The van der Waals surface area contributed by atoms with E-state index in [4.69, 9.17) is 14.2 Å². The summed E-state index contributed by atoms with van der Waals surface area (Å²) >= 11 is 0. The molecule has 28 heavy (non-hydrogen) atoms. The lowest BCUT2D eigenvalue weighted by Gasteiger charge is -2.34. The van der Waals surface area contributed by atoms with Gasteiger partial charge in [0.15, 0.2) is 11.6 Å².